The summed E-state index contributed by atoms with van der Waals surface area (Å²) < 4.78 is 1.89. The number of nitrogens with zero attached hydrogens (tertiary/aromatic N) is 5. The Bertz CT molecular complexity index is 1060. The van der Waals surface area contributed by atoms with E-state index in [9.17, 15) is 4.79 Å². The fraction of sp³-hybridized carbons (Fsp3) is 0.250. The molecule has 0 spiro atoms. The molecule has 3 aromatic rings. The summed E-state index contributed by atoms with van der Waals surface area (Å²) in [6, 6.07) is 17.6. The van der Waals surface area contributed by atoms with Crippen molar-refractivity contribution in [2.45, 2.75) is 31.5 Å². The van der Waals surface area contributed by atoms with Gasteiger partial charge in [-0.25, -0.2) is 0 Å². The summed E-state index contributed by atoms with van der Waals surface area (Å²) in [5.74, 6) is 0.694. The zero-order valence-corrected chi connectivity index (χ0v) is 18.5. The number of carbonyl (C=O) groups excluding carboxylic acids is 1. The highest BCUT2D eigenvalue weighted by Crippen LogP contribution is 2.22. The molecule has 1 aromatic heterocycles. The minimum Gasteiger partial charge on any atom is -0.334 e. The van der Waals surface area contributed by atoms with Crippen molar-refractivity contribution in [1.82, 2.24) is 19.7 Å². The van der Waals surface area contributed by atoms with Crippen LogP contribution in [0.25, 0.3) is 5.69 Å². The second-order valence-corrected chi connectivity index (χ2v) is 8.33. The quantitative estimate of drug-likeness (QED) is 0.366. The van der Waals surface area contributed by atoms with E-state index in [0.29, 0.717) is 29.7 Å². The third-order valence-corrected chi connectivity index (χ3v) is 5.77. The molecule has 0 aliphatic heterocycles. The first kappa shape index (κ1) is 22.3. The smallest absolute Gasteiger partial charge is 0.233 e. The molecular formula is C24H25N5OS. The van der Waals surface area contributed by atoms with Crippen LogP contribution < -0.4 is 0 Å². The molecule has 0 aliphatic carbocycles. The second kappa shape index (κ2) is 10.6. The molecule has 1 amide bonds. The van der Waals surface area contributed by atoms with Gasteiger partial charge in [0.2, 0.25) is 5.91 Å². The average molecular weight is 432 g/mol. The summed E-state index contributed by atoms with van der Waals surface area (Å²) in [7, 11) is 0. The predicted molar refractivity (Wildman–Crippen MR) is 123 cm³/mol. The van der Waals surface area contributed by atoms with Gasteiger partial charge in [0.05, 0.1) is 17.4 Å². The van der Waals surface area contributed by atoms with Gasteiger partial charge in [-0.15, -0.1) is 16.8 Å². The highest BCUT2D eigenvalue weighted by Gasteiger charge is 2.16. The molecule has 0 radical (unpaired) electrons. The van der Waals surface area contributed by atoms with Gasteiger partial charge in [-0.3, -0.25) is 9.36 Å². The van der Waals surface area contributed by atoms with E-state index < -0.39 is 0 Å². The standard InChI is InChI=1S/C24H25N5OS/c1-4-13-28(15-20-7-5-19(14-25)6-8-20)23(30)16-31-24-27-26-17-29(24)22-11-9-21(10-12-22)18(2)3/h4-12,17-18H,1,13,15-16H2,2-3H3. The molecule has 31 heavy (non-hydrogen) atoms. The van der Waals surface area contributed by atoms with Crippen LogP contribution in [0.2, 0.25) is 0 Å². The van der Waals surface area contributed by atoms with Crippen molar-refractivity contribution in [3.05, 3.63) is 84.2 Å². The van der Waals surface area contributed by atoms with Crippen LogP contribution in [0.4, 0.5) is 0 Å². The average Bonchev–Trinajstić information content (AvgIpc) is 3.26. The van der Waals surface area contributed by atoms with E-state index in [1.807, 2.05) is 28.8 Å². The first-order valence-electron chi connectivity index (χ1n) is 10.0. The topological polar surface area (TPSA) is 74.8 Å². The molecule has 0 bridgehead atoms. The van der Waals surface area contributed by atoms with Gasteiger partial charge in [0.15, 0.2) is 5.16 Å². The van der Waals surface area contributed by atoms with Crippen molar-refractivity contribution in [3.63, 3.8) is 0 Å². The Morgan fingerprint density at radius 3 is 2.55 bits per heavy atom. The Morgan fingerprint density at radius 2 is 1.94 bits per heavy atom. The van der Waals surface area contributed by atoms with Crippen LogP contribution >= 0.6 is 11.8 Å². The Kier molecular flexibility index (Phi) is 7.63. The zero-order chi connectivity index (χ0) is 22.2. The summed E-state index contributed by atoms with van der Waals surface area (Å²) in [5, 5.41) is 17.8. The molecule has 0 aliphatic rings. The molecule has 0 saturated carbocycles. The summed E-state index contributed by atoms with van der Waals surface area (Å²) in [5.41, 5.74) is 3.79. The van der Waals surface area contributed by atoms with E-state index in [1.165, 1.54) is 17.3 Å². The lowest BCUT2D eigenvalue weighted by atomic mass is 10.0. The Morgan fingerprint density at radius 1 is 1.23 bits per heavy atom. The van der Waals surface area contributed by atoms with Crippen molar-refractivity contribution in [2.75, 3.05) is 12.3 Å². The Labute approximate surface area is 187 Å². The second-order valence-electron chi connectivity index (χ2n) is 7.39. The first-order valence-corrected chi connectivity index (χ1v) is 11.0. The SMILES string of the molecule is C=CCN(Cc1ccc(C#N)cc1)C(=O)CSc1nncn1-c1ccc(C(C)C)cc1. The number of carbonyl (C=O) groups is 1. The maximum Gasteiger partial charge on any atom is 0.233 e. The molecule has 2 aromatic carbocycles. The molecule has 1 heterocycles. The lowest BCUT2D eigenvalue weighted by Crippen LogP contribution is -2.32. The molecule has 7 heteroatoms. The predicted octanol–water partition coefficient (Wildman–Crippen LogP) is 4.57. The first-order chi connectivity index (χ1) is 15.0. The molecule has 0 atom stereocenters. The van der Waals surface area contributed by atoms with Crippen molar-refractivity contribution in [2.24, 2.45) is 0 Å². The van der Waals surface area contributed by atoms with Gasteiger partial charge >= 0.3 is 0 Å². The lowest BCUT2D eigenvalue weighted by Gasteiger charge is -2.21. The van der Waals surface area contributed by atoms with Gasteiger partial charge in [0.1, 0.15) is 6.33 Å². The fourth-order valence-corrected chi connectivity index (χ4v) is 3.88. The minimum atomic E-state index is -0.0148. The van der Waals surface area contributed by atoms with Crippen molar-refractivity contribution < 1.29 is 4.79 Å². The number of nitriles is 1. The minimum absolute atomic E-state index is 0.0148. The van der Waals surface area contributed by atoms with E-state index in [2.05, 4.69) is 48.8 Å². The van der Waals surface area contributed by atoms with Gasteiger partial charge in [-0.05, 0) is 41.3 Å². The highest BCUT2D eigenvalue weighted by molar-refractivity contribution is 7.99. The summed E-state index contributed by atoms with van der Waals surface area (Å²) in [4.78, 5) is 14.6. The number of thioether (sulfide) groups is 1. The van der Waals surface area contributed by atoms with Crippen molar-refractivity contribution >= 4 is 17.7 Å². The number of amides is 1. The number of benzene rings is 2. The molecular weight excluding hydrogens is 406 g/mol. The number of aromatic nitrogens is 3. The highest BCUT2D eigenvalue weighted by atomic mass is 32.2. The van der Waals surface area contributed by atoms with Crippen molar-refractivity contribution in [3.8, 4) is 11.8 Å². The molecule has 0 unspecified atom stereocenters. The van der Waals surface area contributed by atoms with E-state index in [4.69, 9.17) is 5.26 Å². The van der Waals surface area contributed by atoms with Gasteiger partial charge in [0.25, 0.3) is 0 Å². The van der Waals surface area contributed by atoms with Gasteiger partial charge in [-0.2, -0.15) is 5.26 Å². The molecule has 0 fully saturated rings. The number of rotatable bonds is 9. The monoisotopic (exact) mass is 431 g/mol. The van der Waals surface area contributed by atoms with Crippen LogP contribution in [0.3, 0.4) is 0 Å². The molecule has 6 nitrogen and oxygen atoms in total. The van der Waals surface area contributed by atoms with Gasteiger partial charge in [-0.1, -0.05) is 56.0 Å². The van der Waals surface area contributed by atoms with Crippen LogP contribution in [0.15, 0.2) is 72.7 Å². The number of hydrogen-bond donors (Lipinski definition) is 0. The van der Waals surface area contributed by atoms with Crippen LogP contribution in [-0.4, -0.2) is 37.9 Å². The number of hydrogen-bond acceptors (Lipinski definition) is 5. The molecule has 0 N–H and O–H groups in total. The van der Waals surface area contributed by atoms with E-state index >= 15 is 0 Å². The van der Waals surface area contributed by atoms with E-state index in [-0.39, 0.29) is 11.7 Å². The Balaban J connectivity index is 1.66. The summed E-state index contributed by atoms with van der Waals surface area (Å²) in [6.45, 7) is 8.99. The third-order valence-electron chi connectivity index (χ3n) is 4.84. The van der Waals surface area contributed by atoms with E-state index in [1.54, 1.807) is 29.4 Å². The fourth-order valence-electron chi connectivity index (χ4n) is 3.05. The van der Waals surface area contributed by atoms with Crippen LogP contribution in [0.5, 0.6) is 0 Å². The van der Waals surface area contributed by atoms with Crippen molar-refractivity contribution in [1.29, 1.82) is 5.26 Å². The maximum atomic E-state index is 12.9. The zero-order valence-electron chi connectivity index (χ0n) is 17.7. The summed E-state index contributed by atoms with van der Waals surface area (Å²) in [6.07, 6.45) is 3.38. The van der Waals surface area contributed by atoms with Gasteiger partial charge < -0.3 is 4.90 Å². The maximum absolute atomic E-state index is 12.9. The van der Waals surface area contributed by atoms with Crippen LogP contribution in [0, 0.1) is 11.3 Å². The molecule has 3 rings (SSSR count). The van der Waals surface area contributed by atoms with Crippen LogP contribution in [0.1, 0.15) is 36.5 Å². The molecule has 158 valence electrons. The third kappa shape index (κ3) is 5.83. The van der Waals surface area contributed by atoms with E-state index in [0.717, 1.165) is 11.3 Å². The molecule has 0 saturated heterocycles. The largest absolute Gasteiger partial charge is 0.334 e. The normalized spacial score (nSPS) is 10.6. The van der Waals surface area contributed by atoms with Gasteiger partial charge in [0, 0.05) is 18.8 Å². The van der Waals surface area contributed by atoms with Crippen LogP contribution in [-0.2, 0) is 11.3 Å². The lowest BCUT2D eigenvalue weighted by molar-refractivity contribution is -0.128. The Hall–Kier alpha value is -3.37. The summed E-state index contributed by atoms with van der Waals surface area (Å²) >= 11 is 1.36.